The first-order valence-electron chi connectivity index (χ1n) is 8.50. The molecule has 1 saturated heterocycles. The van der Waals surface area contributed by atoms with Gasteiger partial charge in [-0.25, -0.2) is 0 Å². The standard InChI is InChI=1S/C18H23NO3.ClH/c20-18-14(12-19-6-2-1-3-7-19)5-4-13-10-16-17(11-15(13)18)22-9-8-21-16;/h10-11,14H,1-9,12H2;1H/p-1. The van der Waals surface area contributed by atoms with E-state index in [2.05, 4.69) is 4.90 Å². The van der Waals surface area contributed by atoms with Crippen LogP contribution in [0.25, 0.3) is 0 Å². The number of ketones is 1. The highest BCUT2D eigenvalue weighted by Gasteiger charge is 2.31. The van der Waals surface area contributed by atoms with Crippen molar-refractivity contribution >= 4 is 5.78 Å². The number of hydrogen-bond donors (Lipinski definition) is 0. The Hall–Kier alpha value is -1.26. The van der Waals surface area contributed by atoms with Crippen molar-refractivity contribution in [1.82, 2.24) is 4.90 Å². The van der Waals surface area contributed by atoms with Crippen LogP contribution in [0.15, 0.2) is 12.1 Å². The predicted octanol–water partition coefficient (Wildman–Crippen LogP) is -0.307. The Kier molecular flexibility index (Phi) is 5.12. The Balaban J connectivity index is 0.00000156. The quantitative estimate of drug-likeness (QED) is 0.743. The molecule has 1 aliphatic carbocycles. The van der Waals surface area contributed by atoms with E-state index in [1.165, 1.54) is 19.3 Å². The molecule has 1 fully saturated rings. The van der Waals surface area contributed by atoms with Crippen LogP contribution in [-0.2, 0) is 6.42 Å². The van der Waals surface area contributed by atoms with Crippen molar-refractivity contribution in [1.29, 1.82) is 0 Å². The second-order valence-electron chi connectivity index (χ2n) is 6.61. The lowest BCUT2D eigenvalue weighted by molar-refractivity contribution is -0.0000135. The molecule has 0 bridgehead atoms. The summed E-state index contributed by atoms with van der Waals surface area (Å²) < 4.78 is 11.3. The van der Waals surface area contributed by atoms with Crippen molar-refractivity contribution in [2.75, 3.05) is 32.8 Å². The van der Waals surface area contributed by atoms with Crippen LogP contribution in [0.4, 0.5) is 0 Å². The summed E-state index contributed by atoms with van der Waals surface area (Å²) in [6, 6.07) is 3.92. The number of fused-ring (bicyclic) bond motifs is 2. The number of Topliss-reactive ketones (excluding diaryl/α,β-unsaturated/α-hetero) is 1. The Morgan fingerprint density at radius 1 is 1.04 bits per heavy atom. The fourth-order valence-electron chi connectivity index (χ4n) is 3.88. The van der Waals surface area contributed by atoms with E-state index in [4.69, 9.17) is 9.47 Å². The zero-order valence-corrected chi connectivity index (χ0v) is 14.1. The summed E-state index contributed by atoms with van der Waals surface area (Å²) in [4.78, 5) is 15.3. The van der Waals surface area contributed by atoms with Crippen LogP contribution in [0.1, 0.15) is 41.6 Å². The van der Waals surface area contributed by atoms with Gasteiger partial charge < -0.3 is 26.8 Å². The van der Waals surface area contributed by atoms with Gasteiger partial charge in [-0.1, -0.05) is 6.42 Å². The zero-order valence-electron chi connectivity index (χ0n) is 13.4. The molecule has 0 saturated carbocycles. The summed E-state index contributed by atoms with van der Waals surface area (Å²) in [7, 11) is 0. The van der Waals surface area contributed by atoms with Gasteiger partial charge in [-0.2, -0.15) is 0 Å². The highest BCUT2D eigenvalue weighted by atomic mass is 35.5. The third kappa shape index (κ3) is 3.33. The molecule has 1 aromatic carbocycles. The van der Waals surface area contributed by atoms with Crippen LogP contribution >= 0.6 is 0 Å². The molecule has 0 spiro atoms. The van der Waals surface area contributed by atoms with Gasteiger partial charge in [-0.3, -0.25) is 4.79 Å². The van der Waals surface area contributed by atoms with E-state index in [1.807, 2.05) is 12.1 Å². The van der Waals surface area contributed by atoms with E-state index in [9.17, 15) is 4.79 Å². The summed E-state index contributed by atoms with van der Waals surface area (Å²) in [6.07, 6.45) is 5.81. The van der Waals surface area contributed by atoms with Crippen LogP contribution in [0.5, 0.6) is 11.5 Å². The predicted molar refractivity (Wildman–Crippen MR) is 83.9 cm³/mol. The lowest BCUT2D eigenvalue weighted by Crippen LogP contribution is -3.00. The van der Waals surface area contributed by atoms with Gasteiger partial charge >= 0.3 is 0 Å². The molecule has 0 amide bonds. The van der Waals surface area contributed by atoms with E-state index in [0.717, 1.165) is 55.1 Å². The minimum absolute atomic E-state index is 0. The van der Waals surface area contributed by atoms with Crippen LogP contribution in [-0.4, -0.2) is 43.5 Å². The maximum atomic E-state index is 12.9. The number of ether oxygens (including phenoxy) is 2. The van der Waals surface area contributed by atoms with E-state index >= 15 is 0 Å². The molecule has 0 aromatic heterocycles. The first-order valence-corrected chi connectivity index (χ1v) is 8.50. The fraction of sp³-hybridized carbons (Fsp3) is 0.611. The van der Waals surface area contributed by atoms with E-state index in [1.54, 1.807) is 0 Å². The largest absolute Gasteiger partial charge is 1.00 e. The van der Waals surface area contributed by atoms with Crippen molar-refractivity contribution in [2.45, 2.75) is 32.1 Å². The van der Waals surface area contributed by atoms with Crippen LogP contribution in [0, 0.1) is 5.92 Å². The molecule has 126 valence electrons. The third-order valence-corrected chi connectivity index (χ3v) is 5.09. The maximum absolute atomic E-state index is 12.9. The van der Waals surface area contributed by atoms with E-state index in [0.29, 0.717) is 19.0 Å². The average molecular weight is 337 g/mol. The Bertz CT molecular complexity index is 584. The van der Waals surface area contributed by atoms with Crippen molar-refractivity contribution < 1.29 is 26.7 Å². The molecular weight excluding hydrogens is 314 g/mol. The van der Waals surface area contributed by atoms with Crippen molar-refractivity contribution in [3.05, 3.63) is 23.3 Å². The van der Waals surface area contributed by atoms with Crippen molar-refractivity contribution in [2.24, 2.45) is 5.92 Å². The second kappa shape index (κ2) is 7.10. The lowest BCUT2D eigenvalue weighted by atomic mass is 9.82. The Morgan fingerprint density at radius 2 is 1.74 bits per heavy atom. The lowest BCUT2D eigenvalue weighted by Gasteiger charge is -2.32. The number of nitrogens with zero attached hydrogens (tertiary/aromatic N) is 1. The topological polar surface area (TPSA) is 38.8 Å². The maximum Gasteiger partial charge on any atom is 0.167 e. The van der Waals surface area contributed by atoms with Crippen LogP contribution in [0.3, 0.4) is 0 Å². The fourth-order valence-corrected chi connectivity index (χ4v) is 3.88. The first kappa shape index (κ1) is 16.6. The van der Waals surface area contributed by atoms with Gasteiger partial charge in [-0.15, -0.1) is 0 Å². The molecule has 2 aliphatic heterocycles. The minimum Gasteiger partial charge on any atom is -1.00 e. The number of benzene rings is 1. The number of halogens is 1. The van der Waals surface area contributed by atoms with E-state index < -0.39 is 0 Å². The molecule has 4 nitrogen and oxygen atoms in total. The molecular formula is C18H23ClNO3-. The molecule has 1 aromatic rings. The zero-order chi connectivity index (χ0) is 14.9. The van der Waals surface area contributed by atoms with Crippen LogP contribution in [0.2, 0.25) is 0 Å². The normalized spacial score (nSPS) is 23.8. The number of carbonyl (C=O) groups is 1. The van der Waals surface area contributed by atoms with Crippen molar-refractivity contribution in [3.8, 4) is 11.5 Å². The SMILES string of the molecule is O=C1c2cc3c(cc2CCC1CN1CCCCC1)OCCO3.[Cl-]. The number of hydrogen-bond acceptors (Lipinski definition) is 4. The van der Waals surface area contributed by atoms with Crippen LogP contribution < -0.4 is 21.9 Å². The van der Waals surface area contributed by atoms with E-state index in [-0.39, 0.29) is 18.3 Å². The molecule has 4 rings (SSSR count). The first-order chi connectivity index (χ1) is 10.8. The van der Waals surface area contributed by atoms with Gasteiger partial charge in [-0.05, 0) is 56.5 Å². The molecule has 1 atom stereocenters. The van der Waals surface area contributed by atoms with Crippen molar-refractivity contribution in [3.63, 3.8) is 0 Å². The van der Waals surface area contributed by atoms with Gasteiger partial charge in [0.1, 0.15) is 13.2 Å². The smallest absolute Gasteiger partial charge is 0.167 e. The Labute approximate surface area is 143 Å². The molecule has 5 heteroatoms. The Morgan fingerprint density at radius 3 is 2.48 bits per heavy atom. The highest BCUT2D eigenvalue weighted by Crippen LogP contribution is 2.37. The molecule has 0 N–H and O–H groups in total. The minimum atomic E-state index is 0. The molecule has 23 heavy (non-hydrogen) atoms. The third-order valence-electron chi connectivity index (χ3n) is 5.09. The van der Waals surface area contributed by atoms with Gasteiger partial charge in [0.15, 0.2) is 17.3 Å². The number of carbonyl (C=O) groups excluding carboxylic acids is 1. The number of likely N-dealkylation sites (tertiary alicyclic amines) is 1. The molecule has 0 radical (unpaired) electrons. The number of aryl methyl sites for hydroxylation is 1. The summed E-state index contributed by atoms with van der Waals surface area (Å²) in [6.45, 7) is 4.39. The number of piperidine rings is 1. The van der Waals surface area contributed by atoms with Gasteiger partial charge in [0.05, 0.1) is 0 Å². The number of rotatable bonds is 2. The highest BCUT2D eigenvalue weighted by molar-refractivity contribution is 6.01. The second-order valence-corrected chi connectivity index (χ2v) is 6.61. The average Bonchev–Trinajstić information content (AvgIpc) is 2.57. The molecule has 3 aliphatic rings. The molecule has 1 unspecified atom stereocenters. The van der Waals surface area contributed by atoms with Gasteiger partial charge in [0.25, 0.3) is 0 Å². The summed E-state index contributed by atoms with van der Waals surface area (Å²) >= 11 is 0. The summed E-state index contributed by atoms with van der Waals surface area (Å²) in [5.74, 6) is 1.97. The summed E-state index contributed by atoms with van der Waals surface area (Å²) in [5.41, 5.74) is 1.99. The van der Waals surface area contributed by atoms with Gasteiger partial charge in [0.2, 0.25) is 0 Å². The monoisotopic (exact) mass is 336 g/mol. The molecule has 2 heterocycles. The summed E-state index contributed by atoms with van der Waals surface area (Å²) in [5, 5.41) is 0. The van der Waals surface area contributed by atoms with Gasteiger partial charge in [0, 0.05) is 18.0 Å².